The van der Waals surface area contributed by atoms with Crippen molar-refractivity contribution in [2.24, 2.45) is 17.8 Å². The molecule has 1 saturated carbocycles. The van der Waals surface area contributed by atoms with Crippen molar-refractivity contribution in [1.29, 1.82) is 0 Å². The summed E-state index contributed by atoms with van der Waals surface area (Å²) in [6.45, 7) is 8.05. The molecule has 2 fully saturated rings. The fraction of sp³-hybridized carbons (Fsp3) is 0.543. The molecular formula is C35H46FN5O9. The molecule has 1 aliphatic heterocycles. The molecular weight excluding hydrogens is 653 g/mol. The monoisotopic (exact) mass is 699 g/mol. The lowest BCUT2D eigenvalue weighted by Crippen LogP contribution is -2.58. The predicted molar refractivity (Wildman–Crippen MR) is 184 cm³/mol. The zero-order chi connectivity index (χ0) is 36.9. The molecule has 2 N–H and O–H groups in total. The maximum Gasteiger partial charge on any atom is 0.328 e. The van der Waals surface area contributed by atoms with Gasteiger partial charge in [0.1, 0.15) is 29.9 Å². The molecule has 0 radical (unpaired) electrons. The Hall–Kier alpha value is -4.79. The van der Waals surface area contributed by atoms with Crippen molar-refractivity contribution in [3.63, 3.8) is 0 Å². The summed E-state index contributed by atoms with van der Waals surface area (Å²) in [6, 6.07) is 4.94. The summed E-state index contributed by atoms with van der Waals surface area (Å²) in [6.07, 6.45) is 3.03. The van der Waals surface area contributed by atoms with Crippen LogP contribution in [0.4, 0.5) is 27.1 Å². The molecule has 2 aromatic rings. The second kappa shape index (κ2) is 16.3. The van der Waals surface area contributed by atoms with Gasteiger partial charge in [0.15, 0.2) is 0 Å². The fourth-order valence-corrected chi connectivity index (χ4v) is 7.30. The molecule has 15 heteroatoms. The minimum atomic E-state index is -1.41. The zero-order valence-electron chi connectivity index (χ0n) is 29.3. The Morgan fingerprint density at radius 1 is 1.14 bits per heavy atom. The van der Waals surface area contributed by atoms with E-state index in [1.807, 2.05) is 0 Å². The lowest BCUT2D eigenvalue weighted by Gasteiger charge is -2.41. The van der Waals surface area contributed by atoms with E-state index in [0.29, 0.717) is 23.4 Å². The Morgan fingerprint density at radius 3 is 2.46 bits per heavy atom. The standard InChI is InChI=1S/C35H46FN5O9/c1-20(2)33-21(3)8-7-9-30(33)50-19-32(44)37-27-12-10-24(16-31(27)49-6)40(23(5)43)17-25-26(36)11-13-28(41(47)48)34(25)39-15-14-38(22(4)42)18-29(39)35(45)46/h10-13,16,20-21,29-30,33H,7-9,14-15,17-19H2,1-6H3,(H,37,44)(H,45,46). The number of carboxylic acid groups (broad SMARTS) is 1. The molecule has 1 saturated heterocycles. The molecule has 4 rings (SSSR count). The Kier molecular flexibility index (Phi) is 12.4. The Balaban J connectivity index is 1.62. The minimum absolute atomic E-state index is 0.0271. The highest BCUT2D eigenvalue weighted by Gasteiger charge is 2.39. The van der Waals surface area contributed by atoms with Gasteiger partial charge in [0.2, 0.25) is 17.7 Å². The number of nitro groups is 1. The fourth-order valence-electron chi connectivity index (χ4n) is 7.30. The van der Waals surface area contributed by atoms with Crippen LogP contribution in [0.2, 0.25) is 0 Å². The number of ether oxygens (including phenoxy) is 2. The Bertz CT molecular complexity index is 1620. The van der Waals surface area contributed by atoms with E-state index in [1.54, 1.807) is 0 Å². The summed E-state index contributed by atoms with van der Waals surface area (Å²) in [5.41, 5.74) is -0.581. The third-order valence-corrected chi connectivity index (χ3v) is 9.70. The molecule has 0 aromatic heterocycles. The molecule has 2 aliphatic rings. The number of hydrogen-bond acceptors (Lipinski definition) is 9. The second-order valence-electron chi connectivity index (χ2n) is 13.3. The SMILES string of the molecule is COc1cc(N(Cc2c(F)ccc([N+](=O)[O-])c2N2CCN(C(C)=O)CC2C(=O)O)C(C)=O)ccc1NC(=O)COC1CCCC(C)C1C(C)C. The van der Waals surface area contributed by atoms with Crippen LogP contribution in [0.3, 0.4) is 0 Å². The number of rotatable bonds is 12. The van der Waals surface area contributed by atoms with Gasteiger partial charge in [-0.15, -0.1) is 0 Å². The minimum Gasteiger partial charge on any atom is -0.494 e. The summed E-state index contributed by atoms with van der Waals surface area (Å²) in [7, 11) is 1.38. The quantitative estimate of drug-likeness (QED) is 0.231. The van der Waals surface area contributed by atoms with Gasteiger partial charge >= 0.3 is 5.97 Å². The van der Waals surface area contributed by atoms with Crippen LogP contribution in [0.25, 0.3) is 0 Å². The van der Waals surface area contributed by atoms with E-state index in [2.05, 4.69) is 26.1 Å². The summed E-state index contributed by atoms with van der Waals surface area (Å²) in [5.74, 6) is -2.10. The van der Waals surface area contributed by atoms with Crippen LogP contribution in [0.5, 0.6) is 5.75 Å². The normalized spacial score (nSPS) is 20.7. The molecule has 3 amide bonds. The number of carbonyl (C=O) groups excluding carboxylic acids is 3. The molecule has 0 spiro atoms. The topological polar surface area (TPSA) is 172 Å². The van der Waals surface area contributed by atoms with Gasteiger partial charge in [-0.1, -0.05) is 33.6 Å². The van der Waals surface area contributed by atoms with Crippen LogP contribution in [0, 0.1) is 33.7 Å². The number of nitro benzene ring substituents is 1. The average Bonchev–Trinajstić information content (AvgIpc) is 3.06. The predicted octanol–water partition coefficient (Wildman–Crippen LogP) is 4.83. The van der Waals surface area contributed by atoms with E-state index >= 15 is 4.39 Å². The number of methoxy groups -OCH3 is 1. The van der Waals surface area contributed by atoms with Crippen molar-refractivity contribution in [3.8, 4) is 5.75 Å². The third kappa shape index (κ3) is 8.49. The van der Waals surface area contributed by atoms with Gasteiger partial charge in [0.05, 0.1) is 36.9 Å². The van der Waals surface area contributed by atoms with Gasteiger partial charge in [-0.25, -0.2) is 9.18 Å². The van der Waals surface area contributed by atoms with Crippen molar-refractivity contribution in [2.75, 3.05) is 48.5 Å². The number of benzene rings is 2. The first-order valence-corrected chi connectivity index (χ1v) is 16.7. The molecule has 1 aliphatic carbocycles. The van der Waals surface area contributed by atoms with E-state index in [0.717, 1.165) is 31.4 Å². The molecule has 14 nitrogen and oxygen atoms in total. The summed E-state index contributed by atoms with van der Waals surface area (Å²) in [4.78, 5) is 65.5. The summed E-state index contributed by atoms with van der Waals surface area (Å²) < 4.78 is 27.3. The van der Waals surface area contributed by atoms with Gasteiger partial charge in [-0.05, 0) is 42.4 Å². The number of anilines is 3. The Labute approximate surface area is 290 Å². The van der Waals surface area contributed by atoms with Crippen molar-refractivity contribution in [1.82, 2.24) is 4.90 Å². The number of aliphatic carboxylic acids is 1. The van der Waals surface area contributed by atoms with E-state index in [1.165, 1.54) is 53.9 Å². The molecule has 4 unspecified atom stereocenters. The smallest absolute Gasteiger partial charge is 0.328 e. The largest absolute Gasteiger partial charge is 0.494 e. The second-order valence-corrected chi connectivity index (χ2v) is 13.3. The maximum atomic E-state index is 15.7. The highest BCUT2D eigenvalue weighted by molar-refractivity contribution is 5.96. The molecule has 272 valence electrons. The molecule has 4 atom stereocenters. The van der Waals surface area contributed by atoms with Gasteiger partial charge in [0, 0.05) is 50.3 Å². The zero-order valence-corrected chi connectivity index (χ0v) is 29.3. The molecule has 0 bridgehead atoms. The molecule has 50 heavy (non-hydrogen) atoms. The highest BCUT2D eigenvalue weighted by Crippen LogP contribution is 2.39. The number of nitrogens with one attached hydrogen (secondary N) is 1. The number of hydrogen-bond donors (Lipinski definition) is 2. The number of carboxylic acids is 1. The van der Waals surface area contributed by atoms with Crippen molar-refractivity contribution in [2.45, 2.75) is 72.6 Å². The van der Waals surface area contributed by atoms with E-state index in [4.69, 9.17) is 9.47 Å². The molecule has 1 heterocycles. The summed E-state index contributed by atoms with van der Waals surface area (Å²) in [5, 5.41) is 25.0. The summed E-state index contributed by atoms with van der Waals surface area (Å²) >= 11 is 0. The van der Waals surface area contributed by atoms with Gasteiger partial charge in [-0.2, -0.15) is 0 Å². The maximum absolute atomic E-state index is 15.7. The van der Waals surface area contributed by atoms with Crippen LogP contribution < -0.4 is 19.9 Å². The number of amides is 3. The lowest BCUT2D eigenvalue weighted by molar-refractivity contribution is -0.384. The van der Waals surface area contributed by atoms with Gasteiger partial charge in [-0.3, -0.25) is 24.5 Å². The van der Waals surface area contributed by atoms with E-state index < -0.39 is 40.9 Å². The number of carbonyl (C=O) groups is 4. The first kappa shape index (κ1) is 38.0. The Morgan fingerprint density at radius 2 is 1.86 bits per heavy atom. The molecule has 2 aromatic carbocycles. The number of halogens is 1. The first-order valence-electron chi connectivity index (χ1n) is 16.7. The average molecular weight is 700 g/mol. The third-order valence-electron chi connectivity index (χ3n) is 9.70. The highest BCUT2D eigenvalue weighted by atomic mass is 19.1. The van der Waals surface area contributed by atoms with Crippen molar-refractivity contribution in [3.05, 3.63) is 51.8 Å². The van der Waals surface area contributed by atoms with Crippen LogP contribution in [0.15, 0.2) is 30.3 Å². The van der Waals surface area contributed by atoms with Crippen LogP contribution in [0.1, 0.15) is 59.4 Å². The van der Waals surface area contributed by atoms with Crippen molar-refractivity contribution < 1.29 is 43.1 Å². The van der Waals surface area contributed by atoms with Crippen LogP contribution in [-0.4, -0.2) is 84.1 Å². The first-order chi connectivity index (χ1) is 23.6. The van der Waals surface area contributed by atoms with Crippen LogP contribution in [-0.2, 0) is 30.5 Å². The van der Waals surface area contributed by atoms with Crippen molar-refractivity contribution >= 4 is 46.4 Å². The van der Waals surface area contributed by atoms with Gasteiger partial charge in [0.25, 0.3) is 5.69 Å². The van der Waals surface area contributed by atoms with Gasteiger partial charge < -0.3 is 34.6 Å². The lowest BCUT2D eigenvalue weighted by atomic mass is 9.72. The van der Waals surface area contributed by atoms with E-state index in [-0.39, 0.29) is 66.8 Å². The van der Waals surface area contributed by atoms with E-state index in [9.17, 15) is 34.4 Å². The van der Waals surface area contributed by atoms with Crippen LogP contribution >= 0.6 is 0 Å². The number of piperazine rings is 1. The number of nitrogens with zero attached hydrogens (tertiary/aromatic N) is 4.